The zero-order chi connectivity index (χ0) is 31.4. The molecule has 0 aromatic carbocycles. The number of anilines is 1. The number of imidazole rings is 1. The van der Waals surface area contributed by atoms with E-state index >= 15 is 4.39 Å². The molecule has 2 aromatic rings. The van der Waals surface area contributed by atoms with Crippen molar-refractivity contribution >= 4 is 47.9 Å². The van der Waals surface area contributed by atoms with Crippen molar-refractivity contribution in [3.8, 4) is 5.88 Å². The maximum Gasteiger partial charge on any atom is 0.409 e. The third-order valence-corrected chi connectivity index (χ3v) is 8.23. The number of methoxy groups -OCH3 is 1. The van der Waals surface area contributed by atoms with Crippen molar-refractivity contribution in [2.45, 2.75) is 84.1 Å². The summed E-state index contributed by atoms with van der Waals surface area (Å²) in [6.45, 7) is 8.07. The van der Waals surface area contributed by atoms with Crippen molar-refractivity contribution < 1.29 is 51.6 Å². The van der Waals surface area contributed by atoms with Crippen molar-refractivity contribution in [2.24, 2.45) is 0 Å². The number of nitrogens with two attached hydrogens (primary N) is 1. The smallest absolute Gasteiger partial charge is 0.409 e. The first-order valence-electron chi connectivity index (χ1n) is 12.9. The number of carbonyl (C=O) groups excluding carboxylic acids is 2. The minimum absolute atomic E-state index is 0.0525. The summed E-state index contributed by atoms with van der Waals surface area (Å²) in [5.74, 6) is -0.452. The molecule has 1 fully saturated rings. The number of rotatable bonds is 13. The molecule has 2 unspecified atom stereocenters. The van der Waals surface area contributed by atoms with E-state index in [1.54, 1.807) is 20.8 Å². The lowest BCUT2D eigenvalue weighted by Crippen LogP contribution is -2.41. The number of ether oxygens (including phenoxy) is 4. The molecule has 19 heteroatoms. The maximum absolute atomic E-state index is 16.0. The largest absolute Gasteiger partial charge is 0.479 e. The highest BCUT2D eigenvalue weighted by molar-refractivity contribution is 8.13. The molecule has 0 amide bonds. The number of aliphatic hydroxyl groups is 1. The van der Waals surface area contributed by atoms with E-state index < -0.39 is 68.2 Å². The number of thioether (sulfide) groups is 1. The topological polar surface area (TPSA) is 208 Å². The Bertz CT molecular complexity index is 1320. The van der Waals surface area contributed by atoms with Crippen LogP contribution in [0.25, 0.3) is 11.2 Å². The van der Waals surface area contributed by atoms with Crippen LogP contribution in [0.2, 0.25) is 0 Å². The second-order valence-corrected chi connectivity index (χ2v) is 12.6. The van der Waals surface area contributed by atoms with Gasteiger partial charge in [0.05, 0.1) is 26.1 Å². The van der Waals surface area contributed by atoms with E-state index in [9.17, 15) is 19.3 Å². The first-order valence-corrected chi connectivity index (χ1v) is 15.5. The molecule has 0 saturated carbocycles. The summed E-state index contributed by atoms with van der Waals surface area (Å²) in [6.07, 6.45) is -5.29. The van der Waals surface area contributed by atoms with Gasteiger partial charge in [0.2, 0.25) is 18.1 Å². The third-order valence-electron chi connectivity index (χ3n) is 5.85. The van der Waals surface area contributed by atoms with Gasteiger partial charge >= 0.3 is 19.0 Å². The molecule has 7 atom stereocenters. The summed E-state index contributed by atoms with van der Waals surface area (Å²) in [5, 5.41) is 12.6. The molecule has 0 bridgehead atoms. The van der Waals surface area contributed by atoms with Gasteiger partial charge in [0, 0.05) is 5.75 Å². The molecule has 0 radical (unpaired) electrons. The molecule has 0 aliphatic carbocycles. The van der Waals surface area contributed by atoms with Crippen LogP contribution in [0.4, 0.5) is 15.1 Å². The van der Waals surface area contributed by atoms with Crippen molar-refractivity contribution in [3.63, 3.8) is 0 Å². The van der Waals surface area contributed by atoms with E-state index in [4.69, 9.17) is 33.7 Å². The molecular weight excluding hydrogens is 602 g/mol. The van der Waals surface area contributed by atoms with Gasteiger partial charge in [-0.05, 0) is 46.4 Å². The van der Waals surface area contributed by atoms with Crippen molar-refractivity contribution in [1.82, 2.24) is 24.6 Å². The molecule has 1 saturated heterocycles. The number of nitrogen functional groups attached to an aromatic ring is 1. The predicted octanol–water partition coefficient (Wildman–Crippen LogP) is 2.71. The Kier molecular flexibility index (Phi) is 11.1. The molecule has 1 aliphatic heterocycles. The molecule has 1 aliphatic rings. The first-order chi connectivity index (χ1) is 19.6. The Hall–Kier alpha value is -2.60. The number of aliphatic hydroxyl groups excluding tert-OH is 1. The van der Waals surface area contributed by atoms with Crippen LogP contribution >= 0.6 is 19.5 Å². The monoisotopic (exact) mass is 638 g/mol. The fourth-order valence-electron chi connectivity index (χ4n) is 3.97. The molecule has 42 heavy (non-hydrogen) atoms. The lowest BCUT2D eigenvalue weighted by atomic mass is 9.98. The van der Waals surface area contributed by atoms with Gasteiger partial charge in [0.25, 0.3) is 0 Å². The summed E-state index contributed by atoms with van der Waals surface area (Å²) < 4.78 is 62.9. The summed E-state index contributed by atoms with van der Waals surface area (Å²) in [5.41, 5.74) is 3.58. The average Bonchev–Trinajstić information content (AvgIpc) is 3.39. The van der Waals surface area contributed by atoms with Gasteiger partial charge in [-0.2, -0.15) is 9.97 Å². The maximum atomic E-state index is 16.0. The summed E-state index contributed by atoms with van der Waals surface area (Å²) in [7, 11) is -3.13. The Morgan fingerprint density at radius 3 is 2.62 bits per heavy atom. The van der Waals surface area contributed by atoms with Crippen molar-refractivity contribution in [2.75, 3.05) is 25.2 Å². The van der Waals surface area contributed by atoms with E-state index in [0.29, 0.717) is 5.75 Å². The molecule has 3 rings (SSSR count). The molecule has 4 N–H and O–H groups in total. The first kappa shape index (κ1) is 33.9. The van der Waals surface area contributed by atoms with E-state index in [1.807, 2.05) is 0 Å². The van der Waals surface area contributed by atoms with Crippen LogP contribution in [-0.2, 0) is 32.6 Å². The normalized spacial score (nSPS) is 25.2. The second kappa shape index (κ2) is 13.8. The van der Waals surface area contributed by atoms with E-state index in [0.717, 1.165) is 18.7 Å². The SMILES string of the molecule is CCSC(=O)OC(C)OP(=O)(N[C@@H](C)C(=O)OC(C)C)OC[C@H]1O[C@@H](n2cnc3c(OC)nc(N)nc32)[C@](C)(F)[C@@H]1O. The van der Waals surface area contributed by atoms with E-state index in [2.05, 4.69) is 20.0 Å². The lowest BCUT2D eigenvalue weighted by Gasteiger charge is -2.27. The average molecular weight is 639 g/mol. The number of nitrogens with one attached hydrogen (secondary N) is 1. The predicted molar refractivity (Wildman–Crippen MR) is 148 cm³/mol. The number of nitrogens with zero attached hydrogens (tertiary/aromatic N) is 4. The highest BCUT2D eigenvalue weighted by Gasteiger charge is 2.56. The van der Waals surface area contributed by atoms with Gasteiger partial charge in [0.15, 0.2) is 23.1 Å². The number of alkyl halides is 1. The number of hydrogen-bond acceptors (Lipinski definition) is 15. The van der Waals surface area contributed by atoms with Crippen molar-refractivity contribution in [1.29, 1.82) is 0 Å². The molecule has 3 heterocycles. The van der Waals surface area contributed by atoms with Gasteiger partial charge in [-0.25, -0.2) is 23.8 Å². The number of fused-ring (bicyclic) bond motifs is 1. The Labute approximate surface area is 245 Å². The number of carbonyl (C=O) groups is 2. The third kappa shape index (κ3) is 7.86. The zero-order valence-electron chi connectivity index (χ0n) is 24.2. The lowest BCUT2D eigenvalue weighted by molar-refractivity contribution is -0.149. The van der Waals surface area contributed by atoms with Crippen LogP contribution in [0.15, 0.2) is 6.33 Å². The quantitative estimate of drug-likeness (QED) is 0.164. The zero-order valence-corrected chi connectivity index (χ0v) is 25.9. The van der Waals surface area contributed by atoms with Gasteiger partial charge < -0.3 is 29.8 Å². The molecular formula is C23H36FN6O10PS. The molecule has 16 nitrogen and oxygen atoms in total. The Balaban J connectivity index is 1.82. The Morgan fingerprint density at radius 2 is 2.00 bits per heavy atom. The van der Waals surface area contributed by atoms with Crippen LogP contribution in [0, 0.1) is 0 Å². The fourth-order valence-corrected chi connectivity index (χ4v) is 5.96. The minimum Gasteiger partial charge on any atom is -0.479 e. The van der Waals surface area contributed by atoms with Crippen LogP contribution in [-0.4, -0.2) is 91.7 Å². The number of aromatic nitrogens is 4. The fraction of sp³-hybridized carbons (Fsp3) is 0.696. The van der Waals surface area contributed by atoms with E-state index in [1.165, 1.54) is 31.9 Å². The number of hydrogen-bond donors (Lipinski definition) is 3. The standard InChI is InChI=1S/C23H36FN6O10PS/c1-8-42-22(33)38-13(5)40-41(34,29-12(4)19(32)37-11(2)3)36-9-14-16(31)23(6,24)20(39-14)30-10-26-15-17(30)27-21(25)28-18(15)35-7/h10-14,16,20,31H,8-9H2,1-7H3,(H,29,34)(H2,25,27,28)/t12-,13?,14+,16+,20+,23+,41?/m0/s1. The van der Waals surface area contributed by atoms with Crippen LogP contribution < -0.4 is 15.6 Å². The van der Waals surface area contributed by atoms with Crippen LogP contribution in [0.5, 0.6) is 5.88 Å². The highest BCUT2D eigenvalue weighted by atomic mass is 32.2. The van der Waals surface area contributed by atoms with Gasteiger partial charge in [-0.3, -0.25) is 18.4 Å². The number of esters is 1. The highest BCUT2D eigenvalue weighted by Crippen LogP contribution is 2.49. The van der Waals surface area contributed by atoms with E-state index in [-0.39, 0.29) is 23.0 Å². The molecule has 236 valence electrons. The summed E-state index contributed by atoms with van der Waals surface area (Å²) in [4.78, 5) is 36.4. The van der Waals surface area contributed by atoms with Gasteiger partial charge in [-0.1, -0.05) is 6.92 Å². The van der Waals surface area contributed by atoms with Crippen molar-refractivity contribution in [3.05, 3.63) is 6.33 Å². The van der Waals surface area contributed by atoms with Gasteiger partial charge in [0.1, 0.15) is 18.2 Å². The van der Waals surface area contributed by atoms with Gasteiger partial charge in [-0.15, -0.1) is 0 Å². The number of halogens is 1. The second-order valence-electron chi connectivity index (χ2n) is 9.64. The molecule has 2 aromatic heterocycles. The molecule has 0 spiro atoms. The Morgan fingerprint density at radius 1 is 1.31 bits per heavy atom. The van der Waals surface area contributed by atoms with Crippen LogP contribution in [0.3, 0.4) is 0 Å². The van der Waals surface area contributed by atoms with Crippen LogP contribution in [0.1, 0.15) is 47.8 Å². The minimum atomic E-state index is -4.48. The summed E-state index contributed by atoms with van der Waals surface area (Å²) in [6, 6.07) is -1.20. The summed E-state index contributed by atoms with van der Waals surface area (Å²) >= 11 is 0.855.